The lowest BCUT2D eigenvalue weighted by Crippen LogP contribution is -2.14. The molecule has 0 radical (unpaired) electrons. The number of nitriles is 1. The molecule has 1 rings (SSSR count). The van der Waals surface area contributed by atoms with Crippen molar-refractivity contribution < 1.29 is 0 Å². The molecule has 0 aromatic carbocycles. The molecule has 0 amide bonds. The van der Waals surface area contributed by atoms with Crippen LogP contribution in [0.25, 0.3) is 0 Å². The Morgan fingerprint density at radius 2 is 2.00 bits per heavy atom. The van der Waals surface area contributed by atoms with Crippen LogP contribution in [0.3, 0.4) is 0 Å². The summed E-state index contributed by atoms with van der Waals surface area (Å²) in [6.07, 6.45) is 3.16. The maximum absolute atomic E-state index is 8.58. The lowest BCUT2D eigenvalue weighted by atomic mass is 9.93. The van der Waals surface area contributed by atoms with E-state index in [0.29, 0.717) is 5.69 Å². The van der Waals surface area contributed by atoms with Gasteiger partial charge in [-0.05, 0) is 0 Å². The molecule has 0 fully saturated rings. The van der Waals surface area contributed by atoms with Gasteiger partial charge in [0.25, 0.3) is 0 Å². The number of aromatic nitrogens is 2. The maximum atomic E-state index is 8.58. The van der Waals surface area contributed by atoms with Gasteiger partial charge in [-0.3, -0.25) is 4.98 Å². The molecule has 0 saturated heterocycles. The Labute approximate surface area is 72.1 Å². The summed E-state index contributed by atoms with van der Waals surface area (Å²) in [5, 5.41) is 8.58. The van der Waals surface area contributed by atoms with Gasteiger partial charge in [-0.25, -0.2) is 4.98 Å². The fourth-order valence-electron chi connectivity index (χ4n) is 0.781. The monoisotopic (exact) mass is 161 g/mol. The van der Waals surface area contributed by atoms with Crippen molar-refractivity contribution in [3.63, 3.8) is 0 Å². The van der Waals surface area contributed by atoms with E-state index in [1.54, 1.807) is 6.20 Å². The zero-order valence-corrected chi connectivity index (χ0v) is 7.50. The first kappa shape index (κ1) is 8.66. The minimum atomic E-state index is -0.0418. The Balaban J connectivity index is 3.13. The zero-order valence-electron chi connectivity index (χ0n) is 7.50. The van der Waals surface area contributed by atoms with E-state index in [0.717, 1.165) is 5.69 Å². The summed E-state index contributed by atoms with van der Waals surface area (Å²) in [7, 11) is 0. The van der Waals surface area contributed by atoms with E-state index in [1.807, 2.05) is 26.8 Å². The van der Waals surface area contributed by atoms with E-state index in [1.165, 1.54) is 6.20 Å². The van der Waals surface area contributed by atoms with E-state index in [4.69, 9.17) is 5.26 Å². The first-order valence-corrected chi connectivity index (χ1v) is 3.76. The van der Waals surface area contributed by atoms with E-state index in [9.17, 15) is 0 Å². The second kappa shape index (κ2) is 2.90. The zero-order chi connectivity index (χ0) is 9.19. The largest absolute Gasteiger partial charge is 0.260 e. The second-order valence-corrected chi connectivity index (χ2v) is 3.65. The quantitative estimate of drug-likeness (QED) is 0.581. The molecule has 0 spiro atoms. The van der Waals surface area contributed by atoms with Gasteiger partial charge in [-0.1, -0.05) is 20.8 Å². The first-order chi connectivity index (χ1) is 5.54. The second-order valence-electron chi connectivity index (χ2n) is 3.65. The third kappa shape index (κ3) is 1.79. The molecular weight excluding hydrogens is 150 g/mol. The lowest BCUT2D eigenvalue weighted by molar-refractivity contribution is 0.564. The number of nitrogens with zero attached hydrogens (tertiary/aromatic N) is 3. The van der Waals surface area contributed by atoms with Crippen molar-refractivity contribution in [2.24, 2.45) is 0 Å². The Kier molecular flexibility index (Phi) is 2.09. The minimum Gasteiger partial charge on any atom is -0.260 e. The Hall–Kier alpha value is -1.43. The molecule has 3 heteroatoms. The summed E-state index contributed by atoms with van der Waals surface area (Å²) in [5.41, 5.74) is 1.18. The number of hydrogen-bond donors (Lipinski definition) is 0. The van der Waals surface area contributed by atoms with Crippen LogP contribution in [0.1, 0.15) is 32.2 Å². The van der Waals surface area contributed by atoms with Crippen molar-refractivity contribution in [2.75, 3.05) is 0 Å². The van der Waals surface area contributed by atoms with E-state index in [2.05, 4.69) is 9.97 Å². The van der Waals surface area contributed by atoms with Crippen molar-refractivity contribution >= 4 is 0 Å². The highest BCUT2D eigenvalue weighted by Gasteiger charge is 2.15. The molecule has 3 nitrogen and oxygen atoms in total. The van der Waals surface area contributed by atoms with E-state index < -0.39 is 0 Å². The summed E-state index contributed by atoms with van der Waals surface area (Å²) >= 11 is 0. The van der Waals surface area contributed by atoms with Crippen molar-refractivity contribution in [2.45, 2.75) is 26.2 Å². The molecule has 12 heavy (non-hydrogen) atoms. The van der Waals surface area contributed by atoms with Crippen LogP contribution in [0, 0.1) is 11.3 Å². The van der Waals surface area contributed by atoms with Crippen LogP contribution < -0.4 is 0 Å². The summed E-state index contributed by atoms with van der Waals surface area (Å²) in [6.45, 7) is 6.12. The van der Waals surface area contributed by atoms with E-state index >= 15 is 0 Å². The van der Waals surface area contributed by atoms with Crippen molar-refractivity contribution in [1.82, 2.24) is 9.97 Å². The van der Waals surface area contributed by atoms with Crippen molar-refractivity contribution in [3.8, 4) is 6.07 Å². The van der Waals surface area contributed by atoms with Crippen LogP contribution in [0.5, 0.6) is 0 Å². The molecule has 0 unspecified atom stereocenters. The van der Waals surface area contributed by atoms with Gasteiger partial charge in [0.1, 0.15) is 6.07 Å². The van der Waals surface area contributed by atoms with Crippen molar-refractivity contribution in [3.05, 3.63) is 23.8 Å². The van der Waals surface area contributed by atoms with Crippen LogP contribution in [-0.2, 0) is 5.41 Å². The SMILES string of the molecule is CC(C)(C)c1cncc(C#N)n1. The Bertz CT molecular complexity index is 317. The lowest BCUT2D eigenvalue weighted by Gasteiger charge is -2.16. The van der Waals surface area contributed by atoms with Crippen LogP contribution in [0.4, 0.5) is 0 Å². The molecule has 1 aromatic heterocycles. The highest BCUT2D eigenvalue weighted by Crippen LogP contribution is 2.18. The topological polar surface area (TPSA) is 49.6 Å². The number of rotatable bonds is 0. The molecule has 0 aliphatic rings. The van der Waals surface area contributed by atoms with Gasteiger partial charge in [-0.2, -0.15) is 5.26 Å². The highest BCUT2D eigenvalue weighted by atomic mass is 14.8. The number of hydrogen-bond acceptors (Lipinski definition) is 3. The smallest absolute Gasteiger partial charge is 0.159 e. The molecule has 0 aliphatic heterocycles. The Morgan fingerprint density at radius 1 is 1.33 bits per heavy atom. The third-order valence-corrected chi connectivity index (χ3v) is 1.52. The van der Waals surface area contributed by atoms with E-state index in [-0.39, 0.29) is 5.41 Å². The van der Waals surface area contributed by atoms with Crippen LogP contribution in [0.15, 0.2) is 12.4 Å². The average molecular weight is 161 g/mol. The summed E-state index contributed by atoms with van der Waals surface area (Å²) in [6, 6.07) is 1.97. The molecule has 0 N–H and O–H groups in total. The van der Waals surface area contributed by atoms with Gasteiger partial charge in [0.05, 0.1) is 11.9 Å². The maximum Gasteiger partial charge on any atom is 0.159 e. The normalized spacial score (nSPS) is 10.8. The van der Waals surface area contributed by atoms with Gasteiger partial charge in [0, 0.05) is 11.6 Å². The van der Waals surface area contributed by atoms with Gasteiger partial charge in [0.2, 0.25) is 0 Å². The molecule has 0 atom stereocenters. The molecule has 0 aliphatic carbocycles. The van der Waals surface area contributed by atoms with Crippen LogP contribution >= 0.6 is 0 Å². The Morgan fingerprint density at radius 3 is 2.50 bits per heavy atom. The predicted octanol–water partition coefficient (Wildman–Crippen LogP) is 1.65. The fraction of sp³-hybridized carbons (Fsp3) is 0.444. The fourth-order valence-corrected chi connectivity index (χ4v) is 0.781. The average Bonchev–Trinajstić information content (AvgIpc) is 2.03. The summed E-state index contributed by atoms with van der Waals surface area (Å²) in [5.74, 6) is 0. The third-order valence-electron chi connectivity index (χ3n) is 1.52. The summed E-state index contributed by atoms with van der Waals surface area (Å²) in [4.78, 5) is 8.08. The van der Waals surface area contributed by atoms with Gasteiger partial charge >= 0.3 is 0 Å². The molecule has 0 saturated carbocycles. The highest BCUT2D eigenvalue weighted by molar-refractivity contribution is 5.20. The molecule has 1 aromatic rings. The molecular formula is C9H11N3. The van der Waals surface area contributed by atoms with Crippen LogP contribution in [0.2, 0.25) is 0 Å². The summed E-state index contributed by atoms with van der Waals surface area (Å²) < 4.78 is 0. The van der Waals surface area contributed by atoms with Gasteiger partial charge in [-0.15, -0.1) is 0 Å². The first-order valence-electron chi connectivity index (χ1n) is 3.76. The predicted molar refractivity (Wildman–Crippen MR) is 45.4 cm³/mol. The minimum absolute atomic E-state index is 0.0418. The molecule has 62 valence electrons. The van der Waals surface area contributed by atoms with Crippen LogP contribution in [-0.4, -0.2) is 9.97 Å². The molecule has 1 heterocycles. The standard InChI is InChI=1S/C9H11N3/c1-9(2,3)8-6-11-5-7(4-10)12-8/h5-6H,1-3H3. The van der Waals surface area contributed by atoms with Crippen molar-refractivity contribution in [1.29, 1.82) is 5.26 Å². The molecule has 0 bridgehead atoms. The van der Waals surface area contributed by atoms with Gasteiger partial charge < -0.3 is 0 Å². The van der Waals surface area contributed by atoms with Gasteiger partial charge in [0.15, 0.2) is 5.69 Å².